The Morgan fingerprint density at radius 3 is 2.20 bits per heavy atom. The van der Waals surface area contributed by atoms with Crippen LogP contribution in [0.5, 0.6) is 0 Å². The van der Waals surface area contributed by atoms with Crippen LogP contribution in [0.4, 0.5) is 10.5 Å². The van der Waals surface area contributed by atoms with Crippen LogP contribution in [0.25, 0.3) is 0 Å². The summed E-state index contributed by atoms with van der Waals surface area (Å²) >= 11 is 0. The van der Waals surface area contributed by atoms with Crippen molar-refractivity contribution in [1.29, 1.82) is 0 Å². The maximum Gasteiger partial charge on any atom is 0.409 e. The van der Waals surface area contributed by atoms with Crippen molar-refractivity contribution in [3.63, 3.8) is 0 Å². The van der Waals surface area contributed by atoms with Gasteiger partial charge in [-0.2, -0.15) is 4.31 Å². The molecule has 3 aromatic carbocycles. The molecule has 0 unspecified atom stereocenters. The molecule has 1 fully saturated rings. The number of amides is 2. The third-order valence-electron chi connectivity index (χ3n) is 7.35. The standard InChI is InChI=1S/C30H34N4O5S/c1-2-39-30(36)33-17-19-34(20-18-33)40(37,38)28-13-11-27(12-14-28)31-29(35)25-9-7-23(8-10-25)21-32-16-15-24-5-3-4-6-26(24)22-32/h3-14H,2,15-22H2,1H3,(H,31,35). The molecule has 0 bridgehead atoms. The molecule has 3 aromatic rings. The smallest absolute Gasteiger partial charge is 0.409 e. The molecule has 2 amide bonds. The SMILES string of the molecule is CCOC(=O)N1CCN(S(=O)(=O)c2ccc(NC(=O)c3ccc(CN4CCc5ccccc5C4)cc3)cc2)CC1. The summed E-state index contributed by atoms with van der Waals surface area (Å²) in [5.74, 6) is -0.260. The minimum atomic E-state index is -3.72. The molecular formula is C30H34N4O5S. The quantitative estimate of drug-likeness (QED) is 0.468. The maximum atomic E-state index is 13.1. The Bertz CT molecular complexity index is 1450. The molecule has 0 aromatic heterocycles. The van der Waals surface area contributed by atoms with E-state index in [1.807, 2.05) is 24.3 Å². The molecule has 210 valence electrons. The Morgan fingerprint density at radius 2 is 1.52 bits per heavy atom. The number of nitrogens with zero attached hydrogens (tertiary/aromatic N) is 3. The minimum absolute atomic E-state index is 0.139. The molecule has 0 radical (unpaired) electrons. The van der Waals surface area contributed by atoms with Gasteiger partial charge in [0.1, 0.15) is 0 Å². The highest BCUT2D eigenvalue weighted by Crippen LogP contribution is 2.22. The minimum Gasteiger partial charge on any atom is -0.450 e. The van der Waals surface area contributed by atoms with Crippen LogP contribution >= 0.6 is 0 Å². The molecule has 2 aliphatic heterocycles. The van der Waals surface area contributed by atoms with Crippen LogP contribution in [0.1, 0.15) is 34.0 Å². The molecule has 1 saturated heterocycles. The molecule has 5 rings (SSSR count). The van der Waals surface area contributed by atoms with Gasteiger partial charge in [-0.25, -0.2) is 13.2 Å². The lowest BCUT2D eigenvalue weighted by Crippen LogP contribution is -2.50. The van der Waals surface area contributed by atoms with Crippen LogP contribution in [-0.4, -0.2) is 73.9 Å². The number of carbonyl (C=O) groups is 2. The van der Waals surface area contributed by atoms with Crippen molar-refractivity contribution >= 4 is 27.7 Å². The van der Waals surface area contributed by atoms with Gasteiger partial charge in [-0.05, 0) is 66.4 Å². The van der Waals surface area contributed by atoms with Gasteiger partial charge in [0.05, 0.1) is 11.5 Å². The van der Waals surface area contributed by atoms with E-state index in [4.69, 9.17) is 4.74 Å². The van der Waals surface area contributed by atoms with Gasteiger partial charge >= 0.3 is 6.09 Å². The number of carbonyl (C=O) groups excluding carboxylic acids is 2. The molecule has 10 heteroatoms. The summed E-state index contributed by atoms with van der Waals surface area (Å²) in [5.41, 5.74) is 4.98. The zero-order valence-corrected chi connectivity index (χ0v) is 23.4. The zero-order chi connectivity index (χ0) is 28.1. The average Bonchev–Trinajstić information content (AvgIpc) is 2.98. The summed E-state index contributed by atoms with van der Waals surface area (Å²) in [5, 5.41) is 2.84. The predicted octanol–water partition coefficient (Wildman–Crippen LogP) is 3.96. The van der Waals surface area contributed by atoms with Gasteiger partial charge in [-0.15, -0.1) is 0 Å². The molecule has 0 saturated carbocycles. The molecular weight excluding hydrogens is 528 g/mol. The molecule has 1 N–H and O–H groups in total. The highest BCUT2D eigenvalue weighted by molar-refractivity contribution is 7.89. The number of benzene rings is 3. The Hall–Kier alpha value is -3.73. The number of piperazine rings is 1. The van der Waals surface area contributed by atoms with Gasteiger partial charge in [0.2, 0.25) is 10.0 Å². The van der Waals surface area contributed by atoms with E-state index >= 15 is 0 Å². The van der Waals surface area contributed by atoms with E-state index in [0.29, 0.717) is 11.3 Å². The Labute approximate surface area is 235 Å². The van der Waals surface area contributed by atoms with E-state index in [0.717, 1.165) is 31.6 Å². The highest BCUT2D eigenvalue weighted by Gasteiger charge is 2.30. The normalized spacial score (nSPS) is 16.3. The number of anilines is 1. The maximum absolute atomic E-state index is 13.1. The summed E-state index contributed by atoms with van der Waals surface area (Å²) in [6.07, 6.45) is 0.616. The van der Waals surface area contributed by atoms with Gasteiger partial charge in [-0.1, -0.05) is 36.4 Å². The van der Waals surface area contributed by atoms with Crippen LogP contribution in [-0.2, 0) is 34.3 Å². The summed E-state index contributed by atoms with van der Waals surface area (Å²) in [4.78, 5) is 28.8. The third-order valence-corrected chi connectivity index (χ3v) is 9.26. The van der Waals surface area contributed by atoms with Crippen molar-refractivity contribution in [3.8, 4) is 0 Å². The van der Waals surface area contributed by atoms with E-state index in [1.165, 1.54) is 32.5 Å². The lowest BCUT2D eigenvalue weighted by Gasteiger charge is -2.33. The fraction of sp³-hybridized carbons (Fsp3) is 0.333. The molecule has 40 heavy (non-hydrogen) atoms. The van der Waals surface area contributed by atoms with Gasteiger partial charge < -0.3 is 15.0 Å². The second-order valence-electron chi connectivity index (χ2n) is 9.99. The molecule has 2 aliphatic rings. The van der Waals surface area contributed by atoms with Crippen molar-refractivity contribution in [1.82, 2.24) is 14.1 Å². The van der Waals surface area contributed by atoms with Crippen molar-refractivity contribution in [3.05, 3.63) is 95.1 Å². The molecule has 9 nitrogen and oxygen atoms in total. The fourth-order valence-corrected chi connectivity index (χ4v) is 6.52. The van der Waals surface area contributed by atoms with Crippen LogP contribution in [0.3, 0.4) is 0 Å². The monoisotopic (exact) mass is 562 g/mol. The van der Waals surface area contributed by atoms with Crippen molar-refractivity contribution in [2.75, 3.05) is 44.6 Å². The van der Waals surface area contributed by atoms with Crippen molar-refractivity contribution < 1.29 is 22.7 Å². The number of ether oxygens (including phenoxy) is 1. The number of sulfonamides is 1. The Balaban J connectivity index is 1.14. The van der Waals surface area contributed by atoms with Gasteiger partial charge in [0.25, 0.3) is 5.91 Å². The van der Waals surface area contributed by atoms with Gasteiger partial charge in [-0.3, -0.25) is 9.69 Å². The fourth-order valence-electron chi connectivity index (χ4n) is 5.10. The number of nitrogens with one attached hydrogen (secondary N) is 1. The topological polar surface area (TPSA) is 99.3 Å². The second kappa shape index (κ2) is 12.2. The Kier molecular flexibility index (Phi) is 8.49. The van der Waals surface area contributed by atoms with Crippen molar-refractivity contribution in [2.24, 2.45) is 0 Å². The van der Waals surface area contributed by atoms with Crippen LogP contribution < -0.4 is 5.32 Å². The molecule has 0 spiro atoms. The third kappa shape index (κ3) is 6.35. The second-order valence-corrected chi connectivity index (χ2v) is 11.9. The lowest BCUT2D eigenvalue weighted by molar-refractivity contribution is 0.0933. The van der Waals surface area contributed by atoms with Gasteiger partial charge in [0.15, 0.2) is 0 Å². The summed E-state index contributed by atoms with van der Waals surface area (Å²) in [6.45, 7) is 5.71. The molecule has 0 aliphatic carbocycles. The van der Waals surface area contributed by atoms with Crippen LogP contribution in [0.15, 0.2) is 77.7 Å². The number of fused-ring (bicyclic) bond motifs is 1. The van der Waals surface area contributed by atoms with Crippen LogP contribution in [0, 0.1) is 0 Å². The lowest BCUT2D eigenvalue weighted by atomic mass is 9.99. The summed E-state index contributed by atoms with van der Waals surface area (Å²) in [7, 11) is -3.72. The predicted molar refractivity (Wildman–Crippen MR) is 152 cm³/mol. The number of hydrogen-bond acceptors (Lipinski definition) is 6. The number of hydrogen-bond donors (Lipinski definition) is 1. The zero-order valence-electron chi connectivity index (χ0n) is 22.6. The Morgan fingerprint density at radius 1 is 0.850 bits per heavy atom. The highest BCUT2D eigenvalue weighted by atomic mass is 32.2. The molecule has 2 heterocycles. The summed E-state index contributed by atoms with van der Waals surface area (Å²) < 4.78 is 32.5. The average molecular weight is 563 g/mol. The van der Waals surface area contributed by atoms with Crippen molar-refractivity contribution in [2.45, 2.75) is 31.3 Å². The number of rotatable bonds is 7. The van der Waals surface area contributed by atoms with E-state index in [9.17, 15) is 18.0 Å². The van der Waals surface area contributed by atoms with E-state index in [-0.39, 0.29) is 43.6 Å². The summed E-state index contributed by atoms with van der Waals surface area (Å²) in [6, 6.07) is 22.3. The van der Waals surface area contributed by atoms with E-state index in [2.05, 4.69) is 34.5 Å². The van der Waals surface area contributed by atoms with Crippen LogP contribution in [0.2, 0.25) is 0 Å². The van der Waals surface area contributed by atoms with Gasteiger partial charge in [0, 0.05) is 57.1 Å². The first kappa shape index (κ1) is 27.8. The first-order valence-corrected chi connectivity index (χ1v) is 15.0. The largest absolute Gasteiger partial charge is 0.450 e. The van der Waals surface area contributed by atoms with E-state index < -0.39 is 16.1 Å². The first-order valence-electron chi connectivity index (χ1n) is 13.5. The molecule has 0 atom stereocenters. The first-order chi connectivity index (χ1) is 19.3. The van der Waals surface area contributed by atoms with E-state index in [1.54, 1.807) is 19.1 Å².